The Kier molecular flexibility index (Phi) is 4.08. The normalized spacial score (nSPS) is 11.4. The van der Waals surface area contributed by atoms with Crippen LogP contribution in [-0.4, -0.2) is 25.4 Å². The molecular weight excluding hydrogens is 354 g/mol. The zero-order valence-electron chi connectivity index (χ0n) is 12.3. The van der Waals surface area contributed by atoms with E-state index in [4.69, 9.17) is 4.74 Å². The smallest absolute Gasteiger partial charge is 0.289 e. The Morgan fingerprint density at radius 1 is 1.21 bits per heavy atom. The maximum Gasteiger partial charge on any atom is 0.289 e. The number of fused-ring (bicyclic) bond motifs is 1. The SMILES string of the molecule is COc1cccc2sc(NS(=O)(=O)c3ccccc3[N+](=O)[O-])nc12. The number of para-hydroxylation sites is 2. The van der Waals surface area contributed by atoms with Gasteiger partial charge in [0, 0.05) is 6.07 Å². The molecule has 8 nitrogen and oxygen atoms in total. The van der Waals surface area contributed by atoms with Gasteiger partial charge in [0.15, 0.2) is 10.0 Å². The first-order chi connectivity index (χ1) is 11.4. The van der Waals surface area contributed by atoms with Crippen LogP contribution >= 0.6 is 11.3 Å². The topological polar surface area (TPSA) is 111 Å². The summed E-state index contributed by atoms with van der Waals surface area (Å²) in [6, 6.07) is 10.4. The second-order valence-corrected chi connectivity index (χ2v) is 7.34. The van der Waals surface area contributed by atoms with E-state index in [1.54, 1.807) is 18.2 Å². The summed E-state index contributed by atoms with van der Waals surface area (Å²) in [4.78, 5) is 14.1. The number of nitrogens with one attached hydrogen (secondary N) is 1. The van der Waals surface area contributed by atoms with Crippen LogP contribution in [0.5, 0.6) is 5.75 Å². The molecule has 0 fully saturated rings. The molecular formula is C14H11N3O5S2. The van der Waals surface area contributed by atoms with E-state index in [9.17, 15) is 18.5 Å². The van der Waals surface area contributed by atoms with Crippen LogP contribution in [0.3, 0.4) is 0 Å². The van der Waals surface area contributed by atoms with Gasteiger partial charge >= 0.3 is 0 Å². The highest BCUT2D eigenvalue weighted by Crippen LogP contribution is 2.34. The predicted molar refractivity (Wildman–Crippen MR) is 90.1 cm³/mol. The van der Waals surface area contributed by atoms with E-state index in [-0.39, 0.29) is 5.13 Å². The quantitative estimate of drug-likeness (QED) is 0.549. The van der Waals surface area contributed by atoms with Crippen LogP contribution in [0, 0.1) is 10.1 Å². The lowest BCUT2D eigenvalue weighted by Crippen LogP contribution is -2.14. The molecule has 0 aliphatic rings. The summed E-state index contributed by atoms with van der Waals surface area (Å²) in [5.74, 6) is 0.514. The van der Waals surface area contributed by atoms with Gasteiger partial charge in [-0.2, -0.15) is 0 Å². The number of anilines is 1. The molecule has 24 heavy (non-hydrogen) atoms. The zero-order chi connectivity index (χ0) is 17.3. The molecule has 0 spiro atoms. The maximum atomic E-state index is 12.5. The van der Waals surface area contributed by atoms with Crippen LogP contribution in [0.15, 0.2) is 47.4 Å². The van der Waals surface area contributed by atoms with Crippen LogP contribution in [0.25, 0.3) is 10.2 Å². The third-order valence-electron chi connectivity index (χ3n) is 3.18. The highest BCUT2D eigenvalue weighted by Gasteiger charge is 2.26. The van der Waals surface area contributed by atoms with E-state index in [0.717, 1.165) is 22.1 Å². The molecule has 3 rings (SSSR count). The van der Waals surface area contributed by atoms with E-state index in [1.807, 2.05) is 0 Å². The molecule has 10 heteroatoms. The Labute approximate surface area is 140 Å². The van der Waals surface area contributed by atoms with Crippen LogP contribution in [0.4, 0.5) is 10.8 Å². The molecule has 0 bridgehead atoms. The molecule has 124 valence electrons. The van der Waals surface area contributed by atoms with Gasteiger partial charge in [-0.3, -0.25) is 14.8 Å². The summed E-state index contributed by atoms with van der Waals surface area (Å²) < 4.78 is 33.2. The van der Waals surface area contributed by atoms with E-state index in [2.05, 4.69) is 9.71 Å². The van der Waals surface area contributed by atoms with Crippen molar-refractivity contribution in [3.05, 3.63) is 52.6 Å². The van der Waals surface area contributed by atoms with Crippen LogP contribution in [0.1, 0.15) is 0 Å². The Morgan fingerprint density at radius 3 is 2.67 bits per heavy atom. The van der Waals surface area contributed by atoms with Crippen molar-refractivity contribution in [1.82, 2.24) is 4.98 Å². The molecule has 0 saturated heterocycles. The number of thiazole rings is 1. The predicted octanol–water partition coefficient (Wildman–Crippen LogP) is 3.01. The number of nitro benzene ring substituents is 1. The fraction of sp³-hybridized carbons (Fsp3) is 0.0714. The summed E-state index contributed by atoms with van der Waals surface area (Å²) in [6.07, 6.45) is 0. The summed E-state index contributed by atoms with van der Waals surface area (Å²) in [7, 11) is -2.65. The number of methoxy groups -OCH3 is 1. The average Bonchev–Trinajstić information content (AvgIpc) is 2.96. The van der Waals surface area contributed by atoms with Crippen molar-refractivity contribution in [1.29, 1.82) is 0 Å². The number of hydrogen-bond acceptors (Lipinski definition) is 7. The minimum Gasteiger partial charge on any atom is -0.494 e. The standard InChI is InChI=1S/C14H11N3O5S2/c1-22-10-6-4-7-11-13(10)15-14(23-11)16-24(20,21)12-8-3-2-5-9(12)17(18)19/h2-8H,1H3,(H,15,16). The molecule has 0 unspecified atom stereocenters. The molecule has 0 saturated carbocycles. The Balaban J connectivity index is 2.03. The first kappa shape index (κ1) is 16.1. The maximum absolute atomic E-state index is 12.5. The number of ether oxygens (including phenoxy) is 1. The van der Waals surface area contributed by atoms with Gasteiger partial charge in [-0.25, -0.2) is 13.4 Å². The molecule has 0 radical (unpaired) electrons. The van der Waals surface area contributed by atoms with Crippen LogP contribution in [-0.2, 0) is 10.0 Å². The molecule has 2 aromatic carbocycles. The van der Waals surface area contributed by atoms with Gasteiger partial charge in [-0.1, -0.05) is 29.5 Å². The first-order valence-corrected chi connectivity index (χ1v) is 8.92. The first-order valence-electron chi connectivity index (χ1n) is 6.62. The fourth-order valence-electron chi connectivity index (χ4n) is 2.14. The second kappa shape index (κ2) is 6.06. The highest BCUT2D eigenvalue weighted by atomic mass is 32.2. The number of nitrogens with zero attached hydrogens (tertiary/aromatic N) is 2. The van der Waals surface area contributed by atoms with Gasteiger partial charge < -0.3 is 4.74 Å². The number of hydrogen-bond donors (Lipinski definition) is 1. The summed E-state index contributed by atoms with van der Waals surface area (Å²) in [5.41, 5.74) is 0.0222. The third-order valence-corrected chi connectivity index (χ3v) is 5.63. The lowest BCUT2D eigenvalue weighted by Gasteiger charge is -2.05. The van der Waals surface area contributed by atoms with Gasteiger partial charge in [0.1, 0.15) is 11.3 Å². The monoisotopic (exact) mass is 365 g/mol. The van der Waals surface area contributed by atoms with Crippen LogP contribution in [0.2, 0.25) is 0 Å². The Morgan fingerprint density at radius 2 is 1.96 bits per heavy atom. The molecule has 1 aromatic heterocycles. The highest BCUT2D eigenvalue weighted by molar-refractivity contribution is 7.93. The van der Waals surface area contributed by atoms with Crippen molar-refractivity contribution in [3.8, 4) is 5.75 Å². The lowest BCUT2D eigenvalue weighted by molar-refractivity contribution is -0.387. The number of aromatic nitrogens is 1. The Bertz CT molecular complexity index is 1030. The average molecular weight is 365 g/mol. The zero-order valence-corrected chi connectivity index (χ0v) is 13.9. The van der Waals surface area contributed by atoms with Crippen molar-refractivity contribution >= 4 is 42.4 Å². The molecule has 3 aromatic rings. The lowest BCUT2D eigenvalue weighted by atomic mass is 10.3. The van der Waals surface area contributed by atoms with Crippen molar-refractivity contribution in [3.63, 3.8) is 0 Å². The summed E-state index contributed by atoms with van der Waals surface area (Å²) in [5, 5.41) is 11.1. The molecule has 0 amide bonds. The molecule has 0 aliphatic carbocycles. The molecule has 0 atom stereocenters. The van der Waals surface area contributed by atoms with Gasteiger partial charge in [-0.15, -0.1) is 0 Å². The molecule has 0 aliphatic heterocycles. The third kappa shape index (κ3) is 2.88. The summed E-state index contributed by atoms with van der Waals surface area (Å²) in [6.45, 7) is 0. The van der Waals surface area contributed by atoms with Crippen molar-refractivity contribution in [2.45, 2.75) is 4.90 Å². The number of sulfonamides is 1. The van der Waals surface area contributed by atoms with E-state index < -0.39 is 25.5 Å². The summed E-state index contributed by atoms with van der Waals surface area (Å²) >= 11 is 1.11. The van der Waals surface area contributed by atoms with Crippen LogP contribution < -0.4 is 9.46 Å². The van der Waals surface area contributed by atoms with E-state index >= 15 is 0 Å². The molecule has 1 N–H and O–H groups in total. The minimum absolute atomic E-state index is 0.104. The fourth-order valence-corrected chi connectivity index (χ4v) is 4.43. The van der Waals surface area contributed by atoms with Crippen molar-refractivity contribution < 1.29 is 18.1 Å². The van der Waals surface area contributed by atoms with Gasteiger partial charge in [0.2, 0.25) is 0 Å². The van der Waals surface area contributed by atoms with Gasteiger partial charge in [0.25, 0.3) is 15.7 Å². The van der Waals surface area contributed by atoms with Crippen molar-refractivity contribution in [2.24, 2.45) is 0 Å². The minimum atomic E-state index is -4.14. The van der Waals surface area contributed by atoms with Crippen molar-refractivity contribution in [2.75, 3.05) is 11.8 Å². The Hall–Kier alpha value is -2.72. The largest absolute Gasteiger partial charge is 0.494 e. The second-order valence-electron chi connectivity index (χ2n) is 4.66. The van der Waals surface area contributed by atoms with E-state index in [1.165, 1.54) is 25.3 Å². The number of rotatable bonds is 5. The van der Waals surface area contributed by atoms with Gasteiger partial charge in [0.05, 0.1) is 16.7 Å². The number of benzene rings is 2. The van der Waals surface area contributed by atoms with Gasteiger partial charge in [-0.05, 0) is 18.2 Å². The molecule has 1 heterocycles. The van der Waals surface area contributed by atoms with E-state index in [0.29, 0.717) is 11.3 Å². The number of nitro groups is 1.